The van der Waals surface area contributed by atoms with Crippen LogP contribution in [0.25, 0.3) is 0 Å². The van der Waals surface area contributed by atoms with Gasteiger partial charge in [0, 0.05) is 29.2 Å². The molecule has 3 nitrogen and oxygen atoms in total. The van der Waals surface area contributed by atoms with E-state index in [2.05, 4.69) is 26.2 Å². The maximum atomic E-state index is 11.6. The largest absolute Gasteiger partial charge is 0.316 e. The Morgan fingerprint density at radius 2 is 2.33 bits per heavy atom. The Labute approximate surface area is 97.4 Å². The molecule has 0 aliphatic carbocycles. The summed E-state index contributed by atoms with van der Waals surface area (Å²) in [5, 5.41) is 3.16. The lowest BCUT2D eigenvalue weighted by atomic mass is 9.95. The van der Waals surface area contributed by atoms with Crippen molar-refractivity contribution in [2.75, 3.05) is 13.1 Å². The van der Waals surface area contributed by atoms with E-state index in [1.807, 2.05) is 12.1 Å². The number of aromatic nitrogens is 1. The summed E-state index contributed by atoms with van der Waals surface area (Å²) in [6, 6.07) is 3.81. The number of carbonyl (C=O) groups excluding carboxylic acids is 1. The Bertz CT molecular complexity index is 346. The van der Waals surface area contributed by atoms with Gasteiger partial charge in [-0.05, 0) is 47.1 Å². The van der Waals surface area contributed by atoms with Crippen LogP contribution in [0.2, 0.25) is 0 Å². The van der Waals surface area contributed by atoms with Crippen LogP contribution < -0.4 is 5.32 Å². The molecular formula is C11H13BrN2O. The number of pyridine rings is 1. The van der Waals surface area contributed by atoms with Crippen molar-refractivity contribution in [3.63, 3.8) is 0 Å². The van der Waals surface area contributed by atoms with Gasteiger partial charge in [0.25, 0.3) is 0 Å². The van der Waals surface area contributed by atoms with Crippen LogP contribution in [0, 0.1) is 5.92 Å². The van der Waals surface area contributed by atoms with Gasteiger partial charge in [-0.2, -0.15) is 0 Å². The summed E-state index contributed by atoms with van der Waals surface area (Å²) < 4.78 is 0.946. The van der Waals surface area contributed by atoms with Crippen LogP contribution in [-0.4, -0.2) is 23.9 Å². The number of hydrogen-bond donors (Lipinski definition) is 1. The van der Waals surface area contributed by atoms with Crippen molar-refractivity contribution in [3.05, 3.63) is 28.5 Å². The first-order valence-electron chi connectivity index (χ1n) is 5.07. The predicted molar refractivity (Wildman–Crippen MR) is 61.6 cm³/mol. The van der Waals surface area contributed by atoms with Crippen LogP contribution in [-0.2, 0) is 11.2 Å². The van der Waals surface area contributed by atoms with E-state index >= 15 is 0 Å². The molecule has 1 saturated heterocycles. The van der Waals surface area contributed by atoms with Gasteiger partial charge >= 0.3 is 0 Å². The minimum Gasteiger partial charge on any atom is -0.316 e. The molecule has 4 heteroatoms. The molecule has 0 aromatic carbocycles. The van der Waals surface area contributed by atoms with E-state index in [1.54, 1.807) is 6.20 Å². The normalized spacial score (nSPS) is 16.1. The minimum atomic E-state index is 0.288. The van der Waals surface area contributed by atoms with Gasteiger partial charge in [-0.25, -0.2) is 0 Å². The zero-order valence-electron chi connectivity index (χ0n) is 8.37. The van der Waals surface area contributed by atoms with Crippen LogP contribution >= 0.6 is 15.9 Å². The molecule has 0 amide bonds. The monoisotopic (exact) mass is 268 g/mol. The summed E-state index contributed by atoms with van der Waals surface area (Å²) >= 11 is 3.32. The molecule has 0 atom stereocenters. The fourth-order valence-corrected chi connectivity index (χ4v) is 1.83. The SMILES string of the molecule is O=C(Cc1ccc(Br)cn1)CC1CNC1. The summed E-state index contributed by atoms with van der Waals surface area (Å²) in [5.41, 5.74) is 0.857. The van der Waals surface area contributed by atoms with Gasteiger partial charge < -0.3 is 5.32 Å². The lowest BCUT2D eigenvalue weighted by Crippen LogP contribution is -2.43. The van der Waals surface area contributed by atoms with Crippen molar-refractivity contribution in [2.24, 2.45) is 5.92 Å². The van der Waals surface area contributed by atoms with Crippen LogP contribution in [0.15, 0.2) is 22.8 Å². The number of ketones is 1. The molecule has 2 rings (SSSR count). The third-order valence-electron chi connectivity index (χ3n) is 2.55. The second kappa shape index (κ2) is 4.86. The van der Waals surface area contributed by atoms with Gasteiger partial charge in [-0.15, -0.1) is 0 Å². The zero-order valence-corrected chi connectivity index (χ0v) is 9.96. The summed E-state index contributed by atoms with van der Waals surface area (Å²) in [5.74, 6) is 0.837. The highest BCUT2D eigenvalue weighted by Gasteiger charge is 2.20. The second-order valence-electron chi connectivity index (χ2n) is 3.91. The van der Waals surface area contributed by atoms with Gasteiger partial charge in [0.15, 0.2) is 0 Å². The highest BCUT2D eigenvalue weighted by atomic mass is 79.9. The third-order valence-corrected chi connectivity index (χ3v) is 3.02. The van der Waals surface area contributed by atoms with Gasteiger partial charge in [0.05, 0.1) is 0 Å². The molecule has 1 aromatic heterocycles. The van der Waals surface area contributed by atoms with E-state index in [-0.39, 0.29) is 5.78 Å². The van der Waals surface area contributed by atoms with Crippen molar-refractivity contribution in [1.29, 1.82) is 0 Å². The number of hydrogen-bond acceptors (Lipinski definition) is 3. The minimum absolute atomic E-state index is 0.288. The van der Waals surface area contributed by atoms with Crippen LogP contribution in [0.5, 0.6) is 0 Å². The Balaban J connectivity index is 1.84. The number of carbonyl (C=O) groups is 1. The topological polar surface area (TPSA) is 42.0 Å². The Kier molecular flexibility index (Phi) is 3.49. The van der Waals surface area contributed by atoms with Crippen LogP contribution in [0.3, 0.4) is 0 Å². The van der Waals surface area contributed by atoms with Gasteiger partial charge in [-0.3, -0.25) is 9.78 Å². The first-order valence-corrected chi connectivity index (χ1v) is 5.86. The average molecular weight is 269 g/mol. The summed E-state index contributed by atoms with van der Waals surface area (Å²) in [6.45, 7) is 1.97. The Morgan fingerprint density at radius 3 is 2.87 bits per heavy atom. The van der Waals surface area contributed by atoms with E-state index in [9.17, 15) is 4.79 Å². The molecule has 1 aliphatic rings. The molecule has 0 saturated carbocycles. The number of halogens is 1. The maximum absolute atomic E-state index is 11.6. The molecule has 0 radical (unpaired) electrons. The lowest BCUT2D eigenvalue weighted by Gasteiger charge is -2.26. The smallest absolute Gasteiger partial charge is 0.139 e. The van der Waals surface area contributed by atoms with Gasteiger partial charge in [-0.1, -0.05) is 0 Å². The van der Waals surface area contributed by atoms with Crippen molar-refractivity contribution in [1.82, 2.24) is 10.3 Å². The maximum Gasteiger partial charge on any atom is 0.139 e. The lowest BCUT2D eigenvalue weighted by molar-refractivity contribution is -0.119. The number of Topliss-reactive ketones (excluding diaryl/α,β-unsaturated/α-hetero) is 1. The van der Waals surface area contributed by atoms with E-state index in [0.717, 1.165) is 23.3 Å². The standard InChI is InChI=1S/C11H13BrN2O/c12-9-1-2-10(14-7-9)4-11(15)3-8-5-13-6-8/h1-2,7-8,13H,3-6H2. The van der Waals surface area contributed by atoms with E-state index in [1.165, 1.54) is 0 Å². The number of nitrogens with one attached hydrogen (secondary N) is 1. The van der Waals surface area contributed by atoms with Crippen molar-refractivity contribution < 1.29 is 4.79 Å². The van der Waals surface area contributed by atoms with Crippen molar-refractivity contribution >= 4 is 21.7 Å². The van der Waals surface area contributed by atoms with Crippen LogP contribution in [0.4, 0.5) is 0 Å². The van der Waals surface area contributed by atoms with Crippen LogP contribution in [0.1, 0.15) is 12.1 Å². The first-order chi connectivity index (χ1) is 7.24. The molecule has 1 N–H and O–H groups in total. The average Bonchev–Trinajstić information content (AvgIpc) is 2.16. The fourth-order valence-electron chi connectivity index (χ4n) is 1.60. The molecule has 1 fully saturated rings. The third kappa shape index (κ3) is 3.11. The molecule has 0 bridgehead atoms. The number of rotatable bonds is 4. The second-order valence-corrected chi connectivity index (χ2v) is 4.83. The molecule has 0 spiro atoms. The summed E-state index contributed by atoms with van der Waals surface area (Å²) in [4.78, 5) is 15.8. The first kappa shape index (κ1) is 10.8. The van der Waals surface area contributed by atoms with Crippen molar-refractivity contribution in [3.8, 4) is 0 Å². The molecule has 2 heterocycles. The van der Waals surface area contributed by atoms with E-state index in [4.69, 9.17) is 0 Å². The Morgan fingerprint density at radius 1 is 1.53 bits per heavy atom. The highest BCUT2D eigenvalue weighted by Crippen LogP contribution is 2.12. The van der Waals surface area contributed by atoms with Gasteiger partial charge in [0.2, 0.25) is 0 Å². The molecular weight excluding hydrogens is 256 g/mol. The van der Waals surface area contributed by atoms with E-state index < -0.39 is 0 Å². The summed E-state index contributed by atoms with van der Waals surface area (Å²) in [6.07, 6.45) is 2.88. The van der Waals surface area contributed by atoms with Crippen molar-refractivity contribution in [2.45, 2.75) is 12.8 Å². The molecule has 15 heavy (non-hydrogen) atoms. The quantitative estimate of drug-likeness (QED) is 0.902. The molecule has 80 valence electrons. The predicted octanol–water partition coefficient (Wildman–Crippen LogP) is 1.57. The number of nitrogens with zero attached hydrogens (tertiary/aromatic N) is 1. The highest BCUT2D eigenvalue weighted by molar-refractivity contribution is 9.10. The zero-order chi connectivity index (χ0) is 10.7. The Hall–Kier alpha value is -0.740. The molecule has 1 aromatic rings. The molecule has 1 aliphatic heterocycles. The molecule has 0 unspecified atom stereocenters. The van der Waals surface area contributed by atoms with E-state index in [0.29, 0.717) is 18.8 Å². The fraction of sp³-hybridized carbons (Fsp3) is 0.455. The summed E-state index contributed by atoms with van der Waals surface area (Å²) in [7, 11) is 0. The van der Waals surface area contributed by atoms with Gasteiger partial charge in [0.1, 0.15) is 5.78 Å².